The normalized spacial score (nSPS) is 18.4. The monoisotopic (exact) mass is 439 g/mol. The molecule has 0 bridgehead atoms. The van der Waals surface area contributed by atoms with E-state index in [1.54, 1.807) is 14.2 Å². The number of rotatable bonds is 6. The van der Waals surface area contributed by atoms with Crippen LogP contribution in [-0.4, -0.2) is 48.1 Å². The lowest BCUT2D eigenvalue weighted by molar-refractivity contribution is -0.144. The molecule has 31 heavy (non-hydrogen) atoms. The molecular weight excluding hydrogens is 414 g/mol. The van der Waals surface area contributed by atoms with E-state index in [4.69, 9.17) is 16.3 Å². The first kappa shape index (κ1) is 21.4. The predicted octanol–water partition coefficient (Wildman–Crippen LogP) is 4.28. The highest BCUT2D eigenvalue weighted by molar-refractivity contribution is 6.30. The lowest BCUT2D eigenvalue weighted by atomic mass is 9.84. The van der Waals surface area contributed by atoms with Crippen molar-refractivity contribution in [1.82, 2.24) is 9.91 Å². The van der Waals surface area contributed by atoms with Crippen LogP contribution in [-0.2, 0) is 9.59 Å². The Morgan fingerprint density at radius 2 is 1.94 bits per heavy atom. The summed E-state index contributed by atoms with van der Waals surface area (Å²) in [4.78, 5) is 27.3. The van der Waals surface area contributed by atoms with E-state index in [0.29, 0.717) is 11.4 Å². The molecule has 1 aliphatic heterocycles. The summed E-state index contributed by atoms with van der Waals surface area (Å²) in [5.74, 6) is 0.630. The largest absolute Gasteiger partial charge is 0.497 e. The van der Waals surface area contributed by atoms with Crippen LogP contribution < -0.4 is 4.74 Å². The number of hydrogen-bond acceptors (Lipinski definition) is 4. The summed E-state index contributed by atoms with van der Waals surface area (Å²) in [6.07, 6.45) is 3.47. The SMILES string of the molecule is COc1cccc(C2=NN(C(=O)CN(C)C(=O)C3CCC3)[C@H](c3ccc(Cl)cc3)C2)c1. The van der Waals surface area contributed by atoms with Gasteiger partial charge in [-0.2, -0.15) is 5.10 Å². The summed E-state index contributed by atoms with van der Waals surface area (Å²) >= 11 is 6.06. The van der Waals surface area contributed by atoms with Crippen molar-refractivity contribution in [2.75, 3.05) is 20.7 Å². The molecule has 1 fully saturated rings. The zero-order chi connectivity index (χ0) is 22.0. The van der Waals surface area contributed by atoms with Crippen molar-refractivity contribution in [3.05, 3.63) is 64.7 Å². The van der Waals surface area contributed by atoms with Crippen LogP contribution >= 0.6 is 11.6 Å². The van der Waals surface area contributed by atoms with E-state index in [2.05, 4.69) is 5.10 Å². The molecule has 1 saturated carbocycles. The van der Waals surface area contributed by atoms with Crippen molar-refractivity contribution in [2.45, 2.75) is 31.7 Å². The fourth-order valence-electron chi connectivity index (χ4n) is 3.98. The van der Waals surface area contributed by atoms with Crippen molar-refractivity contribution in [1.29, 1.82) is 0 Å². The van der Waals surface area contributed by atoms with Crippen LogP contribution in [0.25, 0.3) is 0 Å². The summed E-state index contributed by atoms with van der Waals surface area (Å²) < 4.78 is 5.34. The number of methoxy groups -OCH3 is 1. The number of amides is 2. The molecule has 6 nitrogen and oxygen atoms in total. The molecular formula is C24H26ClN3O3. The number of likely N-dealkylation sites (N-methyl/N-ethyl adjacent to an activating group) is 1. The molecule has 0 radical (unpaired) electrons. The molecule has 1 heterocycles. The highest BCUT2D eigenvalue weighted by Gasteiger charge is 2.35. The van der Waals surface area contributed by atoms with Crippen LogP contribution in [0.1, 0.15) is 42.9 Å². The zero-order valence-electron chi connectivity index (χ0n) is 17.8. The highest BCUT2D eigenvalue weighted by Crippen LogP contribution is 2.34. The second kappa shape index (κ2) is 9.10. The van der Waals surface area contributed by atoms with Crippen LogP contribution in [0.15, 0.2) is 53.6 Å². The Labute approximate surface area is 187 Å². The summed E-state index contributed by atoms with van der Waals surface area (Å²) in [7, 11) is 3.31. The van der Waals surface area contributed by atoms with Gasteiger partial charge in [0, 0.05) is 30.0 Å². The Bertz CT molecular complexity index is 1000. The van der Waals surface area contributed by atoms with Crippen LogP contribution in [0, 0.1) is 5.92 Å². The van der Waals surface area contributed by atoms with Gasteiger partial charge >= 0.3 is 0 Å². The molecule has 0 unspecified atom stereocenters. The van der Waals surface area contributed by atoms with Gasteiger partial charge in [-0.1, -0.05) is 42.3 Å². The second-order valence-electron chi connectivity index (χ2n) is 8.11. The zero-order valence-corrected chi connectivity index (χ0v) is 18.5. The molecule has 7 heteroatoms. The first-order valence-corrected chi connectivity index (χ1v) is 10.9. The minimum atomic E-state index is -0.252. The van der Waals surface area contributed by atoms with Crippen LogP contribution in [0.4, 0.5) is 0 Å². The number of hydrazone groups is 1. The number of hydrogen-bond donors (Lipinski definition) is 0. The standard InChI is InChI=1S/C24H26ClN3O3/c1-27(24(30)17-5-3-6-17)15-23(29)28-22(16-9-11-19(25)12-10-16)14-21(26-28)18-7-4-8-20(13-18)31-2/h4,7-13,17,22H,3,5-6,14-15H2,1-2H3/t22-/m0/s1. The second-order valence-corrected chi connectivity index (χ2v) is 8.55. The van der Waals surface area contributed by atoms with Crippen LogP contribution in [0.2, 0.25) is 5.02 Å². The van der Waals surface area contributed by atoms with E-state index >= 15 is 0 Å². The predicted molar refractivity (Wildman–Crippen MR) is 120 cm³/mol. The fourth-order valence-corrected chi connectivity index (χ4v) is 4.11. The van der Waals surface area contributed by atoms with Gasteiger partial charge in [-0.05, 0) is 42.7 Å². The number of ether oxygens (including phenoxy) is 1. The third-order valence-corrected chi connectivity index (χ3v) is 6.28. The van der Waals surface area contributed by atoms with E-state index < -0.39 is 0 Å². The van der Waals surface area contributed by atoms with Crippen LogP contribution in [0.5, 0.6) is 5.75 Å². The van der Waals surface area contributed by atoms with Crippen LogP contribution in [0.3, 0.4) is 0 Å². The van der Waals surface area contributed by atoms with Gasteiger partial charge in [-0.25, -0.2) is 5.01 Å². The highest BCUT2D eigenvalue weighted by atomic mass is 35.5. The molecule has 2 amide bonds. The maximum Gasteiger partial charge on any atom is 0.262 e. The Morgan fingerprint density at radius 1 is 1.19 bits per heavy atom. The first-order chi connectivity index (χ1) is 15.0. The lowest BCUT2D eigenvalue weighted by Gasteiger charge is -2.30. The van der Waals surface area contributed by atoms with Gasteiger partial charge in [0.1, 0.15) is 12.3 Å². The van der Waals surface area contributed by atoms with Gasteiger partial charge in [-0.15, -0.1) is 0 Å². The van der Waals surface area contributed by atoms with E-state index in [0.717, 1.165) is 41.9 Å². The minimum absolute atomic E-state index is 0.00825. The molecule has 1 aliphatic carbocycles. The molecule has 0 N–H and O–H groups in total. The maximum atomic E-state index is 13.2. The lowest BCUT2D eigenvalue weighted by Crippen LogP contribution is -2.42. The van der Waals surface area contributed by atoms with Crippen molar-refractivity contribution >= 4 is 29.1 Å². The topological polar surface area (TPSA) is 62.2 Å². The van der Waals surface area contributed by atoms with Gasteiger partial charge in [0.2, 0.25) is 5.91 Å². The molecule has 0 aromatic heterocycles. The van der Waals surface area contributed by atoms with E-state index in [9.17, 15) is 9.59 Å². The molecule has 162 valence electrons. The van der Waals surface area contributed by atoms with Crippen molar-refractivity contribution < 1.29 is 14.3 Å². The van der Waals surface area contributed by atoms with E-state index in [-0.39, 0.29) is 30.3 Å². The molecule has 1 atom stereocenters. The van der Waals surface area contributed by atoms with Gasteiger partial charge < -0.3 is 9.64 Å². The smallest absolute Gasteiger partial charge is 0.262 e. The third-order valence-electron chi connectivity index (χ3n) is 6.03. The Kier molecular flexibility index (Phi) is 6.28. The summed E-state index contributed by atoms with van der Waals surface area (Å²) in [6, 6.07) is 14.9. The average Bonchev–Trinajstić information content (AvgIpc) is 3.18. The number of carbonyl (C=O) groups is 2. The third kappa shape index (κ3) is 4.59. The fraction of sp³-hybridized carbons (Fsp3) is 0.375. The Hall–Kier alpha value is -2.86. The number of benzene rings is 2. The average molecular weight is 440 g/mol. The molecule has 2 aromatic carbocycles. The summed E-state index contributed by atoms with van der Waals surface area (Å²) in [5.41, 5.74) is 2.67. The summed E-state index contributed by atoms with van der Waals surface area (Å²) in [5, 5.41) is 6.83. The summed E-state index contributed by atoms with van der Waals surface area (Å²) in [6.45, 7) is 0.00825. The van der Waals surface area contributed by atoms with Gasteiger partial charge in [0.25, 0.3) is 5.91 Å². The van der Waals surface area contributed by atoms with Crippen molar-refractivity contribution in [2.24, 2.45) is 11.0 Å². The molecule has 2 aliphatic rings. The van der Waals surface area contributed by atoms with Crippen molar-refractivity contribution in [3.63, 3.8) is 0 Å². The molecule has 0 saturated heterocycles. The first-order valence-electron chi connectivity index (χ1n) is 10.5. The maximum absolute atomic E-state index is 13.2. The van der Waals surface area contributed by atoms with E-state index in [1.165, 1.54) is 9.91 Å². The quantitative estimate of drug-likeness (QED) is 0.674. The molecule has 4 rings (SSSR count). The van der Waals surface area contributed by atoms with E-state index in [1.807, 2.05) is 48.5 Å². The van der Waals surface area contributed by atoms with Gasteiger partial charge in [0.05, 0.1) is 18.9 Å². The number of halogens is 1. The Morgan fingerprint density at radius 3 is 2.58 bits per heavy atom. The molecule has 0 spiro atoms. The number of carbonyl (C=O) groups excluding carboxylic acids is 2. The van der Waals surface area contributed by atoms with Gasteiger partial charge in [0.15, 0.2) is 0 Å². The Balaban J connectivity index is 1.59. The minimum Gasteiger partial charge on any atom is -0.497 e. The van der Waals surface area contributed by atoms with Gasteiger partial charge in [-0.3, -0.25) is 9.59 Å². The van der Waals surface area contributed by atoms with Crippen molar-refractivity contribution in [3.8, 4) is 5.75 Å². The number of nitrogens with zero attached hydrogens (tertiary/aromatic N) is 3. The molecule has 2 aromatic rings.